The van der Waals surface area contributed by atoms with Gasteiger partial charge >= 0.3 is 0 Å². The van der Waals surface area contributed by atoms with Crippen molar-refractivity contribution in [3.63, 3.8) is 0 Å². The number of halogens is 2. The highest BCUT2D eigenvalue weighted by atomic mass is 19.3. The van der Waals surface area contributed by atoms with Crippen molar-refractivity contribution < 1.29 is 18.3 Å². The normalized spacial score (nSPS) is 29.1. The van der Waals surface area contributed by atoms with E-state index in [9.17, 15) is 8.78 Å². The van der Waals surface area contributed by atoms with Crippen LogP contribution in [-0.4, -0.2) is 20.5 Å². The van der Waals surface area contributed by atoms with Crippen LogP contribution in [0.5, 0.6) is 0 Å². The molecule has 1 aliphatic rings. The second kappa shape index (κ2) is 3.95. The Morgan fingerprint density at radius 1 is 1.29 bits per heavy atom. The lowest BCUT2D eigenvalue weighted by Gasteiger charge is -2.14. The van der Waals surface area contributed by atoms with Crippen molar-refractivity contribution in [1.29, 1.82) is 0 Å². The Labute approximate surface area is 82.9 Å². The van der Waals surface area contributed by atoms with Gasteiger partial charge < -0.3 is 9.47 Å². The molecule has 0 heterocycles. The summed E-state index contributed by atoms with van der Waals surface area (Å²) in [6, 6.07) is 0. The Kier molecular flexibility index (Phi) is 3.27. The highest BCUT2D eigenvalue weighted by Crippen LogP contribution is 2.61. The summed E-state index contributed by atoms with van der Waals surface area (Å²) in [5.74, 6) is -0.142. The first kappa shape index (κ1) is 11.6. The summed E-state index contributed by atoms with van der Waals surface area (Å²) < 4.78 is 34.3. The maximum absolute atomic E-state index is 12.1. The van der Waals surface area contributed by atoms with Crippen molar-refractivity contribution >= 4 is 0 Å². The molecule has 0 N–H and O–H groups in total. The average molecular weight is 206 g/mol. The van der Waals surface area contributed by atoms with Crippen molar-refractivity contribution in [2.45, 2.75) is 20.1 Å². The van der Waals surface area contributed by atoms with E-state index in [1.165, 1.54) is 14.2 Å². The zero-order valence-electron chi connectivity index (χ0n) is 8.88. The van der Waals surface area contributed by atoms with Crippen molar-refractivity contribution in [1.82, 2.24) is 0 Å². The van der Waals surface area contributed by atoms with Gasteiger partial charge in [-0.05, 0) is 17.4 Å². The number of allylic oxidation sites excluding steroid dienone is 1. The molecule has 1 aliphatic carbocycles. The lowest BCUT2D eigenvalue weighted by Crippen LogP contribution is -2.18. The first-order chi connectivity index (χ1) is 6.45. The number of hydrogen-bond donors (Lipinski definition) is 0. The third-order valence-corrected chi connectivity index (χ3v) is 3.06. The van der Waals surface area contributed by atoms with Crippen LogP contribution in [0.2, 0.25) is 0 Å². The monoisotopic (exact) mass is 206 g/mol. The molecule has 2 nitrogen and oxygen atoms in total. The van der Waals surface area contributed by atoms with E-state index in [0.717, 1.165) is 6.08 Å². The van der Waals surface area contributed by atoms with Crippen LogP contribution >= 0.6 is 0 Å². The minimum Gasteiger partial charge on any atom is -0.356 e. The second-order valence-corrected chi connectivity index (χ2v) is 4.17. The molecule has 1 saturated carbocycles. The van der Waals surface area contributed by atoms with Crippen molar-refractivity contribution in [2.75, 3.05) is 14.2 Å². The Bertz CT molecular complexity index is 230. The first-order valence-corrected chi connectivity index (χ1v) is 4.53. The van der Waals surface area contributed by atoms with Crippen molar-refractivity contribution in [3.05, 3.63) is 12.2 Å². The van der Waals surface area contributed by atoms with Crippen LogP contribution < -0.4 is 0 Å². The number of ether oxygens (including phenoxy) is 2. The molecule has 0 spiro atoms. The fourth-order valence-corrected chi connectivity index (χ4v) is 2.08. The van der Waals surface area contributed by atoms with E-state index in [1.807, 2.05) is 13.8 Å². The molecule has 1 fully saturated rings. The molecule has 0 aromatic heterocycles. The molecule has 0 aromatic rings. The molecule has 2 atom stereocenters. The van der Waals surface area contributed by atoms with Gasteiger partial charge in [-0.3, -0.25) is 0 Å². The summed E-state index contributed by atoms with van der Waals surface area (Å²) in [6.45, 7) is 3.87. The van der Waals surface area contributed by atoms with Crippen molar-refractivity contribution in [3.8, 4) is 0 Å². The molecule has 82 valence electrons. The molecule has 0 saturated heterocycles. The first-order valence-electron chi connectivity index (χ1n) is 4.53. The van der Waals surface area contributed by atoms with E-state index < -0.39 is 12.4 Å². The van der Waals surface area contributed by atoms with E-state index in [0.29, 0.717) is 0 Å². The number of rotatable bonds is 4. The van der Waals surface area contributed by atoms with Gasteiger partial charge in [0.1, 0.15) is 0 Å². The maximum Gasteiger partial charge on any atom is 0.266 e. The minimum atomic E-state index is -1.63. The summed E-state index contributed by atoms with van der Waals surface area (Å²) in [7, 11) is 3.05. The minimum absolute atomic E-state index is 0.0130. The zero-order valence-corrected chi connectivity index (χ0v) is 8.88. The van der Waals surface area contributed by atoms with Gasteiger partial charge in [0.2, 0.25) is 0 Å². The molecule has 2 unspecified atom stereocenters. The van der Waals surface area contributed by atoms with Crippen LogP contribution in [0.15, 0.2) is 12.2 Å². The lowest BCUT2D eigenvalue weighted by atomic mass is 10.1. The van der Waals surface area contributed by atoms with Crippen LogP contribution in [0, 0.1) is 17.3 Å². The van der Waals surface area contributed by atoms with Crippen LogP contribution in [0.3, 0.4) is 0 Å². The number of hydrogen-bond acceptors (Lipinski definition) is 2. The Morgan fingerprint density at radius 2 is 1.79 bits per heavy atom. The predicted octanol–water partition coefficient (Wildman–Crippen LogP) is 2.66. The quantitative estimate of drug-likeness (QED) is 0.658. The molecular formula is C10H16F2O2. The third-order valence-electron chi connectivity index (χ3n) is 3.06. The summed E-state index contributed by atoms with van der Waals surface area (Å²) in [5.41, 5.74) is -0.167. The molecule has 1 rings (SSSR count). The van der Waals surface area contributed by atoms with Gasteiger partial charge in [0.25, 0.3) is 6.08 Å². The third kappa shape index (κ3) is 1.96. The van der Waals surface area contributed by atoms with Gasteiger partial charge in [-0.15, -0.1) is 0 Å². The lowest BCUT2D eigenvalue weighted by molar-refractivity contribution is -0.122. The molecule has 14 heavy (non-hydrogen) atoms. The Hall–Kier alpha value is -0.480. The Morgan fingerprint density at radius 3 is 2.14 bits per heavy atom. The van der Waals surface area contributed by atoms with Crippen LogP contribution in [0.4, 0.5) is 8.78 Å². The Balaban J connectivity index is 2.69. The molecule has 0 amide bonds. The molecule has 0 aliphatic heterocycles. The molecular weight excluding hydrogens is 190 g/mol. The topological polar surface area (TPSA) is 18.5 Å². The zero-order chi connectivity index (χ0) is 10.9. The molecule has 4 heteroatoms. The SMILES string of the molecule is COC(OC)C1C(C=C(F)F)C1(C)C. The van der Waals surface area contributed by atoms with Gasteiger partial charge in [0.05, 0.1) is 0 Å². The molecule has 0 radical (unpaired) electrons. The molecule has 0 bridgehead atoms. The standard InChI is InChI=1S/C10H16F2O2/c1-10(2)6(5-7(11)12)8(10)9(13-3)14-4/h5-6,8-9H,1-4H3. The van der Waals surface area contributed by atoms with E-state index >= 15 is 0 Å². The van der Waals surface area contributed by atoms with E-state index in [2.05, 4.69) is 0 Å². The second-order valence-electron chi connectivity index (χ2n) is 4.17. The van der Waals surface area contributed by atoms with E-state index in [1.54, 1.807) is 0 Å². The van der Waals surface area contributed by atoms with E-state index in [-0.39, 0.29) is 17.3 Å². The maximum atomic E-state index is 12.1. The van der Waals surface area contributed by atoms with Gasteiger partial charge in [0.15, 0.2) is 6.29 Å². The van der Waals surface area contributed by atoms with Gasteiger partial charge in [-0.2, -0.15) is 8.78 Å². The largest absolute Gasteiger partial charge is 0.356 e. The summed E-state index contributed by atoms with van der Waals surface area (Å²) in [5, 5.41) is 0. The van der Waals surface area contributed by atoms with Crippen molar-refractivity contribution in [2.24, 2.45) is 17.3 Å². The summed E-state index contributed by atoms with van der Waals surface area (Å²) >= 11 is 0. The van der Waals surface area contributed by atoms with Crippen LogP contribution in [0.1, 0.15) is 13.8 Å². The van der Waals surface area contributed by atoms with Gasteiger partial charge in [0, 0.05) is 20.1 Å². The van der Waals surface area contributed by atoms with Gasteiger partial charge in [-0.1, -0.05) is 13.8 Å². The summed E-state index contributed by atoms with van der Waals surface area (Å²) in [6.07, 6.45) is -1.03. The van der Waals surface area contributed by atoms with Gasteiger partial charge in [-0.25, -0.2) is 0 Å². The smallest absolute Gasteiger partial charge is 0.266 e. The predicted molar refractivity (Wildman–Crippen MR) is 48.9 cm³/mol. The fourth-order valence-electron chi connectivity index (χ4n) is 2.08. The number of methoxy groups -OCH3 is 2. The molecule has 0 aromatic carbocycles. The summed E-state index contributed by atoms with van der Waals surface area (Å²) in [4.78, 5) is 0. The highest BCUT2D eigenvalue weighted by molar-refractivity contribution is 5.15. The van der Waals surface area contributed by atoms with E-state index in [4.69, 9.17) is 9.47 Å². The van der Waals surface area contributed by atoms with Crippen LogP contribution in [-0.2, 0) is 9.47 Å². The average Bonchev–Trinajstić information content (AvgIpc) is 2.57. The van der Waals surface area contributed by atoms with Crippen LogP contribution in [0.25, 0.3) is 0 Å². The highest BCUT2D eigenvalue weighted by Gasteiger charge is 2.61. The fraction of sp³-hybridized carbons (Fsp3) is 0.800.